The molecule has 0 aliphatic rings. The predicted molar refractivity (Wildman–Crippen MR) is 49.6 cm³/mol. The molecule has 0 fully saturated rings. The second-order valence-electron chi connectivity index (χ2n) is 2.39. The van der Waals surface area contributed by atoms with Gasteiger partial charge in [0, 0.05) is 12.6 Å². The minimum atomic E-state index is -0.260. The maximum Gasteiger partial charge on any atom is 0.0766 e. The van der Waals surface area contributed by atoms with Crippen LogP contribution in [0.1, 0.15) is 18.2 Å². The number of rotatable bonds is 2. The fourth-order valence-electron chi connectivity index (χ4n) is 0.894. The SMILES string of the molecule is C#CCC(N)c1ncccc1Cl. The van der Waals surface area contributed by atoms with Crippen LogP contribution in [0.4, 0.5) is 0 Å². The smallest absolute Gasteiger partial charge is 0.0766 e. The molecule has 1 unspecified atom stereocenters. The second-order valence-corrected chi connectivity index (χ2v) is 2.79. The molecule has 1 rings (SSSR count). The highest BCUT2D eigenvalue weighted by molar-refractivity contribution is 6.31. The number of pyridine rings is 1. The fraction of sp³-hybridized carbons (Fsp3) is 0.222. The zero-order chi connectivity index (χ0) is 8.97. The Kier molecular flexibility index (Phi) is 3.09. The molecule has 0 radical (unpaired) electrons. The highest BCUT2D eigenvalue weighted by Crippen LogP contribution is 2.19. The van der Waals surface area contributed by atoms with Crippen LogP contribution in [0.15, 0.2) is 18.3 Å². The molecular weight excluding hydrogens is 172 g/mol. The van der Waals surface area contributed by atoms with Crippen molar-refractivity contribution < 1.29 is 0 Å². The molecule has 0 aliphatic carbocycles. The van der Waals surface area contributed by atoms with E-state index in [-0.39, 0.29) is 6.04 Å². The van der Waals surface area contributed by atoms with Crippen molar-refractivity contribution in [2.24, 2.45) is 5.73 Å². The molecule has 12 heavy (non-hydrogen) atoms. The van der Waals surface area contributed by atoms with Gasteiger partial charge < -0.3 is 5.73 Å². The summed E-state index contributed by atoms with van der Waals surface area (Å²) in [5.74, 6) is 2.47. The number of nitrogens with two attached hydrogens (primary N) is 1. The van der Waals surface area contributed by atoms with Crippen LogP contribution in [0.3, 0.4) is 0 Å². The molecule has 0 spiro atoms. The summed E-state index contributed by atoms with van der Waals surface area (Å²) in [4.78, 5) is 4.04. The van der Waals surface area contributed by atoms with Gasteiger partial charge in [0.15, 0.2) is 0 Å². The number of hydrogen-bond donors (Lipinski definition) is 1. The van der Waals surface area contributed by atoms with Gasteiger partial charge in [-0.05, 0) is 12.1 Å². The average molecular weight is 181 g/mol. The van der Waals surface area contributed by atoms with E-state index in [4.69, 9.17) is 23.8 Å². The maximum atomic E-state index is 5.84. The maximum absolute atomic E-state index is 5.84. The average Bonchev–Trinajstić information content (AvgIpc) is 2.05. The first-order valence-corrected chi connectivity index (χ1v) is 3.93. The molecule has 2 nitrogen and oxygen atoms in total. The van der Waals surface area contributed by atoms with Crippen LogP contribution in [0.25, 0.3) is 0 Å². The van der Waals surface area contributed by atoms with Gasteiger partial charge in [0.05, 0.1) is 16.8 Å². The Morgan fingerprint density at radius 2 is 2.50 bits per heavy atom. The topological polar surface area (TPSA) is 38.9 Å². The van der Waals surface area contributed by atoms with Crippen molar-refractivity contribution in [3.8, 4) is 12.3 Å². The van der Waals surface area contributed by atoms with Crippen molar-refractivity contribution in [3.05, 3.63) is 29.0 Å². The van der Waals surface area contributed by atoms with Crippen LogP contribution in [-0.2, 0) is 0 Å². The second kappa shape index (κ2) is 4.10. The Morgan fingerprint density at radius 1 is 1.75 bits per heavy atom. The third-order valence-corrected chi connectivity index (χ3v) is 1.80. The summed E-state index contributed by atoms with van der Waals surface area (Å²) >= 11 is 5.84. The van der Waals surface area contributed by atoms with Gasteiger partial charge in [-0.25, -0.2) is 0 Å². The van der Waals surface area contributed by atoms with Crippen LogP contribution in [0.2, 0.25) is 5.02 Å². The Balaban J connectivity index is 2.88. The molecular formula is C9H9ClN2. The first-order valence-electron chi connectivity index (χ1n) is 3.55. The molecule has 1 aromatic rings. The summed E-state index contributed by atoms with van der Waals surface area (Å²) in [6.45, 7) is 0. The highest BCUT2D eigenvalue weighted by Gasteiger charge is 2.08. The van der Waals surface area contributed by atoms with Crippen molar-refractivity contribution in [1.29, 1.82) is 0 Å². The largest absolute Gasteiger partial charge is 0.322 e. The first-order chi connectivity index (χ1) is 5.75. The van der Waals surface area contributed by atoms with Gasteiger partial charge in [-0.3, -0.25) is 4.98 Å². The molecule has 0 saturated carbocycles. The van der Waals surface area contributed by atoms with E-state index >= 15 is 0 Å². The summed E-state index contributed by atoms with van der Waals surface area (Å²) < 4.78 is 0. The van der Waals surface area contributed by atoms with Gasteiger partial charge in [0.1, 0.15) is 0 Å². The van der Waals surface area contributed by atoms with Crippen LogP contribution in [0.5, 0.6) is 0 Å². The Bertz CT molecular complexity index is 304. The van der Waals surface area contributed by atoms with Crippen molar-refractivity contribution in [1.82, 2.24) is 4.98 Å². The van der Waals surface area contributed by atoms with E-state index in [1.54, 1.807) is 18.3 Å². The monoisotopic (exact) mass is 180 g/mol. The summed E-state index contributed by atoms with van der Waals surface area (Å²) in [5, 5.41) is 0.570. The van der Waals surface area contributed by atoms with Crippen molar-refractivity contribution in [2.75, 3.05) is 0 Å². The fourth-order valence-corrected chi connectivity index (χ4v) is 1.16. The summed E-state index contributed by atoms with van der Waals surface area (Å²) in [7, 11) is 0. The van der Waals surface area contributed by atoms with Gasteiger partial charge in [-0.2, -0.15) is 0 Å². The van der Waals surface area contributed by atoms with Crippen molar-refractivity contribution in [2.45, 2.75) is 12.5 Å². The molecule has 1 aromatic heterocycles. The van der Waals surface area contributed by atoms with E-state index in [9.17, 15) is 0 Å². The summed E-state index contributed by atoms with van der Waals surface area (Å²) in [5.41, 5.74) is 6.38. The summed E-state index contributed by atoms with van der Waals surface area (Å²) in [6, 6.07) is 3.25. The van der Waals surface area contributed by atoms with E-state index in [1.807, 2.05) is 0 Å². The molecule has 0 amide bonds. The number of aromatic nitrogens is 1. The van der Waals surface area contributed by atoms with Gasteiger partial charge >= 0.3 is 0 Å². The number of terminal acetylenes is 1. The van der Waals surface area contributed by atoms with Crippen LogP contribution < -0.4 is 5.73 Å². The van der Waals surface area contributed by atoms with Crippen LogP contribution >= 0.6 is 11.6 Å². The minimum Gasteiger partial charge on any atom is -0.322 e. The molecule has 0 aromatic carbocycles. The van der Waals surface area contributed by atoms with Gasteiger partial charge in [0.2, 0.25) is 0 Å². The molecule has 0 aliphatic heterocycles. The molecule has 62 valence electrons. The highest BCUT2D eigenvalue weighted by atomic mass is 35.5. The predicted octanol–water partition coefficient (Wildman–Crippen LogP) is 1.76. The molecule has 3 heteroatoms. The number of nitrogens with zero attached hydrogens (tertiary/aromatic N) is 1. The lowest BCUT2D eigenvalue weighted by molar-refractivity contribution is 0.725. The molecule has 2 N–H and O–H groups in total. The lowest BCUT2D eigenvalue weighted by atomic mass is 10.1. The molecule has 0 bridgehead atoms. The third-order valence-electron chi connectivity index (χ3n) is 1.48. The van der Waals surface area contributed by atoms with E-state index in [0.717, 1.165) is 0 Å². The van der Waals surface area contributed by atoms with E-state index < -0.39 is 0 Å². The Hall–Kier alpha value is -1.04. The lowest BCUT2D eigenvalue weighted by Gasteiger charge is -2.07. The van der Waals surface area contributed by atoms with E-state index in [1.165, 1.54) is 0 Å². The van der Waals surface area contributed by atoms with E-state index in [0.29, 0.717) is 17.1 Å². The van der Waals surface area contributed by atoms with Crippen molar-refractivity contribution >= 4 is 11.6 Å². The van der Waals surface area contributed by atoms with Crippen LogP contribution in [0, 0.1) is 12.3 Å². The third kappa shape index (κ3) is 1.97. The quantitative estimate of drug-likeness (QED) is 0.705. The lowest BCUT2D eigenvalue weighted by Crippen LogP contribution is -2.11. The molecule has 1 heterocycles. The van der Waals surface area contributed by atoms with Crippen molar-refractivity contribution in [3.63, 3.8) is 0 Å². The zero-order valence-electron chi connectivity index (χ0n) is 6.50. The Morgan fingerprint density at radius 3 is 3.08 bits per heavy atom. The van der Waals surface area contributed by atoms with Gasteiger partial charge in [0.25, 0.3) is 0 Å². The van der Waals surface area contributed by atoms with Gasteiger partial charge in [-0.1, -0.05) is 11.6 Å². The Labute approximate surface area is 76.8 Å². The summed E-state index contributed by atoms with van der Waals surface area (Å²) in [6.07, 6.45) is 7.22. The number of hydrogen-bond acceptors (Lipinski definition) is 2. The van der Waals surface area contributed by atoms with E-state index in [2.05, 4.69) is 10.9 Å². The standard InChI is InChI=1S/C9H9ClN2/c1-2-4-8(11)9-7(10)5-3-6-12-9/h1,3,5-6,8H,4,11H2. The van der Waals surface area contributed by atoms with Gasteiger partial charge in [-0.15, -0.1) is 12.3 Å². The molecule has 1 atom stereocenters. The normalized spacial score (nSPS) is 12.1. The van der Waals surface area contributed by atoms with Crippen LogP contribution in [-0.4, -0.2) is 4.98 Å². The zero-order valence-corrected chi connectivity index (χ0v) is 7.25. The minimum absolute atomic E-state index is 0.260. The first kappa shape index (κ1) is 9.05. The molecule has 0 saturated heterocycles. The number of halogens is 1.